The van der Waals surface area contributed by atoms with Gasteiger partial charge >= 0.3 is 0 Å². The van der Waals surface area contributed by atoms with E-state index in [0.717, 1.165) is 5.56 Å². The molecule has 0 aliphatic heterocycles. The number of rotatable bonds is 5. The minimum Gasteiger partial charge on any atom is -0.496 e. The van der Waals surface area contributed by atoms with Crippen molar-refractivity contribution in [2.24, 2.45) is 0 Å². The lowest BCUT2D eigenvalue weighted by molar-refractivity contribution is 0.0749. The monoisotopic (exact) mass is 270 g/mol. The quantitative estimate of drug-likeness (QED) is 0.839. The van der Waals surface area contributed by atoms with Gasteiger partial charge in [-0.2, -0.15) is 0 Å². The lowest BCUT2D eigenvalue weighted by Crippen LogP contribution is -2.30. The zero-order chi connectivity index (χ0) is 14.4. The van der Waals surface area contributed by atoms with Crippen LogP contribution in [0, 0.1) is 0 Å². The van der Waals surface area contributed by atoms with Crippen LogP contribution in [-0.2, 0) is 6.54 Å². The molecule has 104 valence electrons. The highest BCUT2D eigenvalue weighted by atomic mass is 16.5. The van der Waals surface area contributed by atoms with Crippen LogP contribution in [0.15, 0.2) is 48.8 Å². The molecule has 1 aromatic carbocycles. The average Bonchev–Trinajstić information content (AvgIpc) is 2.53. The Bertz CT molecular complexity index is 570. The van der Waals surface area contributed by atoms with Crippen LogP contribution < -0.4 is 4.74 Å². The summed E-state index contributed by atoms with van der Waals surface area (Å²) in [5, 5.41) is 0. The Kier molecular flexibility index (Phi) is 4.71. The maximum Gasteiger partial charge on any atom is 0.257 e. The van der Waals surface area contributed by atoms with Gasteiger partial charge in [0.1, 0.15) is 5.75 Å². The van der Waals surface area contributed by atoms with E-state index in [1.165, 1.54) is 0 Å². The van der Waals surface area contributed by atoms with Crippen LogP contribution in [0.3, 0.4) is 0 Å². The highest BCUT2D eigenvalue weighted by Gasteiger charge is 2.18. The fraction of sp³-hybridized carbons (Fsp3) is 0.250. The number of benzene rings is 1. The van der Waals surface area contributed by atoms with Crippen molar-refractivity contribution in [3.05, 3.63) is 59.9 Å². The van der Waals surface area contributed by atoms with Crippen LogP contribution in [0.5, 0.6) is 5.75 Å². The summed E-state index contributed by atoms with van der Waals surface area (Å²) in [5.74, 6) is 0.576. The third kappa shape index (κ3) is 3.15. The molecule has 0 saturated carbocycles. The largest absolute Gasteiger partial charge is 0.496 e. The zero-order valence-electron chi connectivity index (χ0n) is 11.7. The molecule has 4 heteroatoms. The van der Waals surface area contributed by atoms with Crippen LogP contribution in [-0.4, -0.2) is 29.4 Å². The van der Waals surface area contributed by atoms with Crippen molar-refractivity contribution in [3.8, 4) is 5.75 Å². The second kappa shape index (κ2) is 6.70. The van der Waals surface area contributed by atoms with Crippen molar-refractivity contribution in [1.29, 1.82) is 0 Å². The van der Waals surface area contributed by atoms with Gasteiger partial charge in [-0.1, -0.05) is 12.1 Å². The summed E-state index contributed by atoms with van der Waals surface area (Å²) in [6.45, 7) is 3.17. The average molecular weight is 270 g/mol. The second-order valence-corrected chi connectivity index (χ2v) is 4.38. The van der Waals surface area contributed by atoms with Gasteiger partial charge in [-0.05, 0) is 36.8 Å². The number of aromatic nitrogens is 1. The molecule has 1 aromatic heterocycles. The lowest BCUT2D eigenvalue weighted by atomic mass is 10.1. The first-order chi connectivity index (χ1) is 9.76. The van der Waals surface area contributed by atoms with Crippen molar-refractivity contribution in [2.45, 2.75) is 13.5 Å². The molecule has 4 nitrogen and oxygen atoms in total. The molecular weight excluding hydrogens is 252 g/mol. The summed E-state index contributed by atoms with van der Waals surface area (Å²) in [4.78, 5) is 18.4. The Labute approximate surface area is 119 Å². The van der Waals surface area contributed by atoms with E-state index in [1.807, 2.05) is 31.2 Å². The van der Waals surface area contributed by atoms with Gasteiger partial charge < -0.3 is 9.64 Å². The second-order valence-electron chi connectivity index (χ2n) is 4.38. The maximum absolute atomic E-state index is 12.6. The van der Waals surface area contributed by atoms with Gasteiger partial charge in [-0.3, -0.25) is 9.78 Å². The van der Waals surface area contributed by atoms with Gasteiger partial charge in [0.15, 0.2) is 0 Å². The van der Waals surface area contributed by atoms with E-state index in [2.05, 4.69) is 4.98 Å². The van der Waals surface area contributed by atoms with Crippen LogP contribution in [0.4, 0.5) is 0 Å². The summed E-state index contributed by atoms with van der Waals surface area (Å²) in [7, 11) is 1.57. The first-order valence-corrected chi connectivity index (χ1v) is 6.57. The fourth-order valence-electron chi connectivity index (χ4n) is 2.03. The molecule has 1 heterocycles. The standard InChI is InChI=1S/C16H18N2O2/c1-3-18(12-13-8-10-17-11-9-13)16(19)14-6-4-5-7-15(14)20-2/h4-11H,3,12H2,1-2H3. The minimum atomic E-state index is -0.0261. The van der Waals surface area contributed by atoms with Gasteiger partial charge in [-0.25, -0.2) is 0 Å². The summed E-state index contributed by atoms with van der Waals surface area (Å²) in [5.41, 5.74) is 1.65. The van der Waals surface area contributed by atoms with Gasteiger partial charge in [-0.15, -0.1) is 0 Å². The van der Waals surface area contributed by atoms with E-state index in [9.17, 15) is 4.79 Å². The van der Waals surface area contributed by atoms with Crippen LogP contribution in [0.25, 0.3) is 0 Å². The molecule has 0 fully saturated rings. The van der Waals surface area contributed by atoms with E-state index in [0.29, 0.717) is 24.4 Å². The van der Waals surface area contributed by atoms with Gasteiger partial charge in [0.2, 0.25) is 0 Å². The Hall–Kier alpha value is -2.36. The first-order valence-electron chi connectivity index (χ1n) is 6.57. The number of methoxy groups -OCH3 is 1. The SMILES string of the molecule is CCN(Cc1ccncc1)C(=O)c1ccccc1OC. The maximum atomic E-state index is 12.6. The number of para-hydroxylation sites is 1. The molecule has 0 bridgehead atoms. The van der Waals surface area contributed by atoms with Gasteiger partial charge in [0.25, 0.3) is 5.91 Å². The number of amides is 1. The highest BCUT2D eigenvalue weighted by molar-refractivity contribution is 5.96. The molecule has 0 saturated heterocycles. The van der Waals surface area contributed by atoms with E-state index >= 15 is 0 Å². The molecule has 20 heavy (non-hydrogen) atoms. The molecule has 0 radical (unpaired) electrons. The molecule has 0 spiro atoms. The van der Waals surface area contributed by atoms with E-state index < -0.39 is 0 Å². The Morgan fingerprint density at radius 1 is 1.20 bits per heavy atom. The zero-order valence-corrected chi connectivity index (χ0v) is 11.7. The number of ether oxygens (including phenoxy) is 1. The number of hydrogen-bond donors (Lipinski definition) is 0. The number of hydrogen-bond acceptors (Lipinski definition) is 3. The normalized spacial score (nSPS) is 10.1. The summed E-state index contributed by atoms with van der Waals surface area (Å²) < 4.78 is 5.25. The molecule has 0 atom stereocenters. The molecule has 0 aliphatic carbocycles. The molecule has 0 N–H and O–H groups in total. The minimum absolute atomic E-state index is 0.0261. The Morgan fingerprint density at radius 3 is 2.55 bits per heavy atom. The molecule has 1 amide bonds. The van der Waals surface area contributed by atoms with E-state index in [-0.39, 0.29) is 5.91 Å². The van der Waals surface area contributed by atoms with E-state index in [4.69, 9.17) is 4.74 Å². The molecular formula is C16H18N2O2. The summed E-state index contributed by atoms with van der Waals surface area (Å²) in [6, 6.07) is 11.1. The lowest BCUT2D eigenvalue weighted by Gasteiger charge is -2.22. The predicted molar refractivity (Wildman–Crippen MR) is 77.6 cm³/mol. The molecule has 2 rings (SSSR count). The Morgan fingerprint density at radius 2 is 1.90 bits per heavy atom. The van der Waals surface area contributed by atoms with Crippen LogP contribution in [0.2, 0.25) is 0 Å². The first kappa shape index (κ1) is 14.1. The van der Waals surface area contributed by atoms with Gasteiger partial charge in [0, 0.05) is 25.5 Å². The van der Waals surface area contributed by atoms with Crippen LogP contribution in [0.1, 0.15) is 22.8 Å². The molecule has 0 aliphatic rings. The van der Waals surface area contributed by atoms with Crippen molar-refractivity contribution >= 4 is 5.91 Å². The molecule has 0 unspecified atom stereocenters. The predicted octanol–water partition coefficient (Wildman–Crippen LogP) is 2.75. The number of carbonyl (C=O) groups is 1. The highest BCUT2D eigenvalue weighted by Crippen LogP contribution is 2.20. The number of carbonyl (C=O) groups excluding carboxylic acids is 1. The van der Waals surface area contributed by atoms with Crippen LogP contribution >= 0.6 is 0 Å². The molecule has 2 aromatic rings. The topological polar surface area (TPSA) is 42.4 Å². The fourth-order valence-corrected chi connectivity index (χ4v) is 2.03. The Balaban J connectivity index is 2.21. The third-order valence-electron chi connectivity index (χ3n) is 3.13. The van der Waals surface area contributed by atoms with E-state index in [1.54, 1.807) is 36.5 Å². The van der Waals surface area contributed by atoms with Crippen molar-refractivity contribution < 1.29 is 9.53 Å². The van der Waals surface area contributed by atoms with Crippen molar-refractivity contribution in [2.75, 3.05) is 13.7 Å². The smallest absolute Gasteiger partial charge is 0.257 e. The summed E-state index contributed by atoms with van der Waals surface area (Å²) >= 11 is 0. The third-order valence-corrected chi connectivity index (χ3v) is 3.13. The van der Waals surface area contributed by atoms with Crippen molar-refractivity contribution in [1.82, 2.24) is 9.88 Å². The summed E-state index contributed by atoms with van der Waals surface area (Å²) in [6.07, 6.45) is 3.47. The van der Waals surface area contributed by atoms with Gasteiger partial charge in [0.05, 0.1) is 12.7 Å². The number of pyridine rings is 1. The van der Waals surface area contributed by atoms with Crippen molar-refractivity contribution in [3.63, 3.8) is 0 Å². The number of nitrogens with zero attached hydrogens (tertiary/aromatic N) is 2.